The summed E-state index contributed by atoms with van der Waals surface area (Å²) in [5.74, 6) is 2.36. The van der Waals surface area contributed by atoms with Gasteiger partial charge < -0.3 is 10.1 Å². The smallest absolute Gasteiger partial charge is 0.222 e. The third-order valence-electron chi connectivity index (χ3n) is 3.36. The van der Waals surface area contributed by atoms with Crippen LogP contribution in [0, 0.1) is 12.8 Å². The molecule has 0 aliphatic heterocycles. The molecular formula is C16H19N3O. The fraction of sp³-hybridized carbons (Fsp3) is 0.375. The molecule has 1 aliphatic rings. The fourth-order valence-corrected chi connectivity index (χ4v) is 1.94. The summed E-state index contributed by atoms with van der Waals surface area (Å²) in [6, 6.07) is 8.13. The molecule has 0 radical (unpaired) electrons. The van der Waals surface area contributed by atoms with E-state index < -0.39 is 0 Å². The van der Waals surface area contributed by atoms with Crippen molar-refractivity contribution >= 4 is 5.95 Å². The zero-order valence-corrected chi connectivity index (χ0v) is 11.7. The van der Waals surface area contributed by atoms with Gasteiger partial charge in [-0.05, 0) is 37.3 Å². The average molecular weight is 269 g/mol. The van der Waals surface area contributed by atoms with Crippen molar-refractivity contribution < 1.29 is 4.74 Å². The molecule has 2 aromatic rings. The van der Waals surface area contributed by atoms with E-state index in [9.17, 15) is 0 Å². The number of benzene rings is 1. The second kappa shape index (κ2) is 5.90. The molecular weight excluding hydrogens is 250 g/mol. The molecule has 4 heteroatoms. The molecule has 0 spiro atoms. The van der Waals surface area contributed by atoms with E-state index in [0.717, 1.165) is 29.4 Å². The highest BCUT2D eigenvalue weighted by Crippen LogP contribution is 2.30. The standard InChI is InChI=1S/C16H19N3O/c1-12-8-17-16(18-9-12)19-10-14-4-2-3-5-15(14)20-11-13-6-7-13/h2-5,8-9,13H,6-7,10-11H2,1H3,(H,17,18,19). The number of para-hydroxylation sites is 1. The Labute approximate surface area is 119 Å². The van der Waals surface area contributed by atoms with Gasteiger partial charge in [-0.25, -0.2) is 9.97 Å². The van der Waals surface area contributed by atoms with Gasteiger partial charge in [-0.2, -0.15) is 0 Å². The van der Waals surface area contributed by atoms with Crippen LogP contribution in [0.15, 0.2) is 36.7 Å². The number of anilines is 1. The molecule has 1 aliphatic carbocycles. The number of aromatic nitrogens is 2. The Morgan fingerprint density at radius 1 is 1.20 bits per heavy atom. The number of aryl methyl sites for hydroxylation is 1. The number of nitrogens with zero attached hydrogens (tertiary/aromatic N) is 2. The molecule has 1 aromatic heterocycles. The van der Waals surface area contributed by atoms with E-state index in [2.05, 4.69) is 21.4 Å². The molecule has 3 rings (SSSR count). The second-order valence-electron chi connectivity index (χ2n) is 5.30. The van der Waals surface area contributed by atoms with E-state index in [1.807, 2.05) is 37.5 Å². The van der Waals surface area contributed by atoms with Gasteiger partial charge in [0, 0.05) is 24.5 Å². The van der Waals surface area contributed by atoms with Crippen LogP contribution >= 0.6 is 0 Å². The topological polar surface area (TPSA) is 47.0 Å². The predicted octanol–water partition coefficient (Wildman–Crippen LogP) is 3.19. The van der Waals surface area contributed by atoms with Crippen molar-refractivity contribution in [1.82, 2.24) is 9.97 Å². The summed E-state index contributed by atoms with van der Waals surface area (Å²) in [6.07, 6.45) is 6.23. The van der Waals surface area contributed by atoms with Gasteiger partial charge in [-0.15, -0.1) is 0 Å². The second-order valence-corrected chi connectivity index (χ2v) is 5.30. The zero-order chi connectivity index (χ0) is 13.8. The maximum Gasteiger partial charge on any atom is 0.222 e. The number of rotatable bonds is 6. The fourth-order valence-electron chi connectivity index (χ4n) is 1.94. The first-order valence-electron chi connectivity index (χ1n) is 7.04. The SMILES string of the molecule is Cc1cnc(NCc2ccccc2OCC2CC2)nc1. The Bertz CT molecular complexity index is 564. The minimum Gasteiger partial charge on any atom is -0.493 e. The van der Waals surface area contributed by atoms with Crippen LogP contribution < -0.4 is 10.1 Å². The highest BCUT2D eigenvalue weighted by Gasteiger charge is 2.22. The normalized spacial score (nSPS) is 14.1. The summed E-state index contributed by atoms with van der Waals surface area (Å²) in [5, 5.41) is 3.23. The van der Waals surface area contributed by atoms with Crippen LogP contribution in [0.3, 0.4) is 0 Å². The van der Waals surface area contributed by atoms with E-state index in [0.29, 0.717) is 12.5 Å². The monoisotopic (exact) mass is 269 g/mol. The number of hydrogen-bond donors (Lipinski definition) is 1. The van der Waals surface area contributed by atoms with Gasteiger partial charge in [0.05, 0.1) is 6.61 Å². The van der Waals surface area contributed by atoms with Gasteiger partial charge in [-0.3, -0.25) is 0 Å². The highest BCUT2D eigenvalue weighted by molar-refractivity contribution is 5.37. The van der Waals surface area contributed by atoms with Crippen LogP contribution in [0.2, 0.25) is 0 Å². The van der Waals surface area contributed by atoms with Crippen molar-refractivity contribution in [2.24, 2.45) is 5.92 Å². The van der Waals surface area contributed by atoms with E-state index in [-0.39, 0.29) is 0 Å². The lowest BCUT2D eigenvalue weighted by atomic mass is 10.2. The molecule has 1 aromatic carbocycles. The van der Waals surface area contributed by atoms with Crippen molar-refractivity contribution in [3.05, 3.63) is 47.8 Å². The average Bonchev–Trinajstić information content (AvgIpc) is 3.30. The molecule has 0 unspecified atom stereocenters. The minimum absolute atomic E-state index is 0.646. The molecule has 0 saturated heterocycles. The lowest BCUT2D eigenvalue weighted by molar-refractivity contribution is 0.297. The molecule has 20 heavy (non-hydrogen) atoms. The van der Waals surface area contributed by atoms with Gasteiger partial charge in [-0.1, -0.05) is 18.2 Å². The first kappa shape index (κ1) is 12.9. The Kier molecular flexibility index (Phi) is 3.81. The maximum absolute atomic E-state index is 5.89. The summed E-state index contributed by atoms with van der Waals surface area (Å²) in [5.41, 5.74) is 2.20. The quantitative estimate of drug-likeness (QED) is 0.875. The van der Waals surface area contributed by atoms with Crippen LogP contribution in [0.4, 0.5) is 5.95 Å². The Morgan fingerprint density at radius 2 is 1.95 bits per heavy atom. The zero-order valence-electron chi connectivity index (χ0n) is 11.7. The molecule has 0 bridgehead atoms. The van der Waals surface area contributed by atoms with Crippen LogP contribution in [0.25, 0.3) is 0 Å². The minimum atomic E-state index is 0.646. The molecule has 0 atom stereocenters. The molecule has 104 valence electrons. The molecule has 0 amide bonds. The van der Waals surface area contributed by atoms with Crippen molar-refractivity contribution in [3.8, 4) is 5.75 Å². The van der Waals surface area contributed by atoms with Crippen molar-refractivity contribution in [1.29, 1.82) is 0 Å². The largest absolute Gasteiger partial charge is 0.493 e. The third kappa shape index (κ3) is 3.47. The Morgan fingerprint density at radius 3 is 2.70 bits per heavy atom. The predicted molar refractivity (Wildman–Crippen MR) is 78.8 cm³/mol. The van der Waals surface area contributed by atoms with Crippen molar-refractivity contribution in [3.63, 3.8) is 0 Å². The summed E-state index contributed by atoms with van der Waals surface area (Å²) >= 11 is 0. The summed E-state index contributed by atoms with van der Waals surface area (Å²) in [4.78, 5) is 8.49. The van der Waals surface area contributed by atoms with Gasteiger partial charge >= 0.3 is 0 Å². The third-order valence-corrected chi connectivity index (χ3v) is 3.36. The van der Waals surface area contributed by atoms with E-state index in [4.69, 9.17) is 4.74 Å². The molecule has 1 N–H and O–H groups in total. The number of nitrogens with one attached hydrogen (secondary N) is 1. The molecule has 4 nitrogen and oxygen atoms in total. The number of hydrogen-bond acceptors (Lipinski definition) is 4. The molecule has 1 fully saturated rings. The van der Waals surface area contributed by atoms with E-state index >= 15 is 0 Å². The lowest BCUT2D eigenvalue weighted by Crippen LogP contribution is -2.07. The van der Waals surface area contributed by atoms with Crippen LogP contribution in [0.5, 0.6) is 5.75 Å². The molecule has 1 heterocycles. The Balaban J connectivity index is 1.62. The van der Waals surface area contributed by atoms with Gasteiger partial charge in [0.15, 0.2) is 0 Å². The number of ether oxygens (including phenoxy) is 1. The van der Waals surface area contributed by atoms with Gasteiger partial charge in [0.1, 0.15) is 5.75 Å². The van der Waals surface area contributed by atoms with E-state index in [1.165, 1.54) is 12.8 Å². The van der Waals surface area contributed by atoms with E-state index in [1.54, 1.807) is 0 Å². The maximum atomic E-state index is 5.89. The van der Waals surface area contributed by atoms with Crippen LogP contribution in [-0.4, -0.2) is 16.6 Å². The first-order chi connectivity index (χ1) is 9.81. The summed E-state index contributed by atoms with van der Waals surface area (Å²) < 4.78 is 5.89. The molecule has 1 saturated carbocycles. The Hall–Kier alpha value is -2.10. The summed E-state index contributed by atoms with van der Waals surface area (Å²) in [7, 11) is 0. The van der Waals surface area contributed by atoms with Crippen LogP contribution in [0.1, 0.15) is 24.0 Å². The van der Waals surface area contributed by atoms with Crippen molar-refractivity contribution in [2.75, 3.05) is 11.9 Å². The van der Waals surface area contributed by atoms with Gasteiger partial charge in [0.2, 0.25) is 5.95 Å². The van der Waals surface area contributed by atoms with Crippen LogP contribution in [-0.2, 0) is 6.54 Å². The summed E-state index contributed by atoms with van der Waals surface area (Å²) in [6.45, 7) is 3.48. The lowest BCUT2D eigenvalue weighted by Gasteiger charge is -2.11. The van der Waals surface area contributed by atoms with Crippen molar-refractivity contribution in [2.45, 2.75) is 26.3 Å². The van der Waals surface area contributed by atoms with Gasteiger partial charge in [0.25, 0.3) is 0 Å². The first-order valence-corrected chi connectivity index (χ1v) is 7.04. The highest BCUT2D eigenvalue weighted by atomic mass is 16.5.